The summed E-state index contributed by atoms with van der Waals surface area (Å²) in [6, 6.07) is 1.89. The molecule has 0 heterocycles. The van der Waals surface area contributed by atoms with E-state index < -0.39 is 5.60 Å². The molecule has 76 valence electrons. The molecule has 0 unspecified atom stereocenters. The normalized spacial score (nSPS) is 18.4. The Morgan fingerprint density at radius 2 is 1.93 bits per heavy atom. The van der Waals surface area contributed by atoms with Crippen LogP contribution in [0.3, 0.4) is 0 Å². The Hall–Kier alpha value is -0.0500. The highest BCUT2D eigenvalue weighted by atomic mass is 79.9. The lowest BCUT2D eigenvalue weighted by molar-refractivity contribution is 0.150. The van der Waals surface area contributed by atoms with Gasteiger partial charge < -0.3 is 5.11 Å². The van der Waals surface area contributed by atoms with Gasteiger partial charge in [-0.05, 0) is 49.4 Å². The lowest BCUT2D eigenvalue weighted by Gasteiger charge is -2.16. The molecule has 0 radical (unpaired) electrons. The highest BCUT2D eigenvalue weighted by molar-refractivity contribution is 9.10. The SMILES string of the molecule is Cc1c(Cl)cc(C2(O)CC2)c(C)c1Br. The lowest BCUT2D eigenvalue weighted by Crippen LogP contribution is -2.07. The maximum atomic E-state index is 10.0. The van der Waals surface area contributed by atoms with Crippen molar-refractivity contribution in [3.8, 4) is 0 Å². The number of hydrogen-bond acceptors (Lipinski definition) is 1. The van der Waals surface area contributed by atoms with Gasteiger partial charge in [0.1, 0.15) is 0 Å². The third kappa shape index (κ3) is 1.50. The Balaban J connectivity index is 2.62. The molecule has 1 nitrogen and oxygen atoms in total. The fourth-order valence-electron chi connectivity index (χ4n) is 1.72. The van der Waals surface area contributed by atoms with Crippen LogP contribution in [0.25, 0.3) is 0 Å². The third-order valence-electron chi connectivity index (χ3n) is 2.92. The summed E-state index contributed by atoms with van der Waals surface area (Å²) in [5, 5.41) is 10.8. The molecule has 0 spiro atoms. The van der Waals surface area contributed by atoms with Crippen LogP contribution in [0.5, 0.6) is 0 Å². The van der Waals surface area contributed by atoms with Crippen LogP contribution in [0.15, 0.2) is 10.5 Å². The molecule has 0 saturated heterocycles. The molecule has 1 aliphatic rings. The Kier molecular flexibility index (Phi) is 2.41. The minimum Gasteiger partial charge on any atom is -0.385 e. The van der Waals surface area contributed by atoms with Gasteiger partial charge in [-0.3, -0.25) is 0 Å². The maximum absolute atomic E-state index is 10.0. The Labute approximate surface area is 97.2 Å². The molecular weight excluding hydrogens is 263 g/mol. The summed E-state index contributed by atoms with van der Waals surface area (Å²) in [4.78, 5) is 0. The van der Waals surface area contributed by atoms with Crippen LogP contribution < -0.4 is 0 Å². The molecule has 1 aromatic rings. The molecule has 2 rings (SSSR count). The number of hydrogen-bond donors (Lipinski definition) is 1. The second-order valence-corrected chi connectivity index (χ2v) is 5.20. The monoisotopic (exact) mass is 274 g/mol. The van der Waals surface area contributed by atoms with Crippen molar-refractivity contribution >= 4 is 27.5 Å². The molecule has 0 aromatic heterocycles. The van der Waals surface area contributed by atoms with Gasteiger partial charge >= 0.3 is 0 Å². The van der Waals surface area contributed by atoms with Crippen molar-refractivity contribution in [3.63, 3.8) is 0 Å². The number of halogens is 2. The zero-order chi connectivity index (χ0) is 10.5. The Morgan fingerprint density at radius 3 is 2.43 bits per heavy atom. The van der Waals surface area contributed by atoms with Gasteiger partial charge in [-0.1, -0.05) is 27.5 Å². The summed E-state index contributed by atoms with van der Waals surface area (Å²) >= 11 is 9.59. The number of benzene rings is 1. The topological polar surface area (TPSA) is 20.2 Å². The van der Waals surface area contributed by atoms with E-state index in [2.05, 4.69) is 15.9 Å². The van der Waals surface area contributed by atoms with Gasteiger partial charge in [-0.25, -0.2) is 0 Å². The fraction of sp³-hybridized carbons (Fsp3) is 0.455. The second kappa shape index (κ2) is 3.22. The summed E-state index contributed by atoms with van der Waals surface area (Å²) in [5.74, 6) is 0. The van der Waals surface area contributed by atoms with Crippen LogP contribution in [-0.2, 0) is 5.60 Å². The molecule has 3 heteroatoms. The third-order valence-corrected chi connectivity index (χ3v) is 4.50. The van der Waals surface area contributed by atoms with E-state index in [1.807, 2.05) is 19.9 Å². The molecule has 0 amide bonds. The molecule has 14 heavy (non-hydrogen) atoms. The number of rotatable bonds is 1. The zero-order valence-electron chi connectivity index (χ0n) is 8.19. The first kappa shape index (κ1) is 10.5. The van der Waals surface area contributed by atoms with Gasteiger partial charge in [-0.2, -0.15) is 0 Å². The van der Waals surface area contributed by atoms with Crippen LogP contribution in [0, 0.1) is 13.8 Å². The lowest BCUT2D eigenvalue weighted by atomic mass is 9.99. The summed E-state index contributed by atoms with van der Waals surface area (Å²) in [5.41, 5.74) is 2.51. The molecule has 1 aliphatic carbocycles. The van der Waals surface area contributed by atoms with Crippen LogP contribution in [0.4, 0.5) is 0 Å². The van der Waals surface area contributed by atoms with Gasteiger partial charge in [0.2, 0.25) is 0 Å². The Morgan fingerprint density at radius 1 is 1.36 bits per heavy atom. The van der Waals surface area contributed by atoms with Gasteiger partial charge in [0.15, 0.2) is 0 Å². The van der Waals surface area contributed by atoms with Gasteiger partial charge in [0.25, 0.3) is 0 Å². The molecule has 0 atom stereocenters. The molecule has 1 N–H and O–H groups in total. The van der Waals surface area contributed by atoms with Crippen LogP contribution in [-0.4, -0.2) is 5.11 Å². The van der Waals surface area contributed by atoms with Gasteiger partial charge in [0, 0.05) is 9.50 Å². The minimum absolute atomic E-state index is 0.607. The molecule has 0 bridgehead atoms. The van der Waals surface area contributed by atoms with Crippen molar-refractivity contribution in [2.75, 3.05) is 0 Å². The molecule has 1 saturated carbocycles. The maximum Gasteiger partial charge on any atom is 0.0902 e. The smallest absolute Gasteiger partial charge is 0.0902 e. The minimum atomic E-state index is -0.607. The molecular formula is C11H12BrClO. The summed E-state index contributed by atoms with van der Waals surface area (Å²) in [7, 11) is 0. The van der Waals surface area contributed by atoms with Crippen molar-refractivity contribution in [3.05, 3.63) is 32.3 Å². The number of aliphatic hydroxyl groups is 1. The second-order valence-electron chi connectivity index (χ2n) is 4.00. The van der Waals surface area contributed by atoms with E-state index in [0.29, 0.717) is 0 Å². The van der Waals surface area contributed by atoms with Crippen molar-refractivity contribution in [1.82, 2.24) is 0 Å². The van der Waals surface area contributed by atoms with Crippen molar-refractivity contribution < 1.29 is 5.11 Å². The molecule has 0 aliphatic heterocycles. The molecule has 1 fully saturated rings. The van der Waals surface area contributed by atoms with E-state index in [4.69, 9.17) is 11.6 Å². The van der Waals surface area contributed by atoms with E-state index in [1.165, 1.54) is 0 Å². The van der Waals surface area contributed by atoms with E-state index in [-0.39, 0.29) is 0 Å². The standard InChI is InChI=1S/C11H12BrClO/c1-6-8(11(14)3-4-11)5-9(13)7(2)10(6)12/h5,14H,3-4H2,1-2H3. The summed E-state index contributed by atoms with van der Waals surface area (Å²) in [6.45, 7) is 3.99. The van der Waals surface area contributed by atoms with E-state index in [1.54, 1.807) is 0 Å². The predicted octanol–water partition coefficient (Wildman–Crippen LogP) is 3.70. The van der Waals surface area contributed by atoms with Crippen molar-refractivity contribution in [2.45, 2.75) is 32.3 Å². The average Bonchev–Trinajstić information content (AvgIpc) is 2.87. The summed E-state index contributed by atoms with van der Waals surface area (Å²) < 4.78 is 1.01. The van der Waals surface area contributed by atoms with Crippen LogP contribution >= 0.6 is 27.5 Å². The first-order chi connectivity index (χ1) is 6.46. The van der Waals surface area contributed by atoms with Gasteiger partial charge in [-0.15, -0.1) is 0 Å². The average molecular weight is 276 g/mol. The van der Waals surface area contributed by atoms with Crippen LogP contribution in [0.2, 0.25) is 5.02 Å². The van der Waals surface area contributed by atoms with E-state index in [9.17, 15) is 5.11 Å². The van der Waals surface area contributed by atoms with E-state index in [0.717, 1.165) is 39.0 Å². The largest absolute Gasteiger partial charge is 0.385 e. The fourth-order valence-corrected chi connectivity index (χ4v) is 2.46. The van der Waals surface area contributed by atoms with E-state index >= 15 is 0 Å². The van der Waals surface area contributed by atoms with Crippen LogP contribution in [0.1, 0.15) is 29.5 Å². The zero-order valence-corrected chi connectivity index (χ0v) is 10.5. The molecule has 1 aromatic carbocycles. The predicted molar refractivity (Wildman–Crippen MR) is 61.8 cm³/mol. The highest BCUT2D eigenvalue weighted by Gasteiger charge is 2.43. The van der Waals surface area contributed by atoms with Gasteiger partial charge in [0.05, 0.1) is 5.60 Å². The highest BCUT2D eigenvalue weighted by Crippen LogP contribution is 2.48. The Bertz CT molecular complexity index is 397. The van der Waals surface area contributed by atoms with Crippen molar-refractivity contribution in [2.24, 2.45) is 0 Å². The first-order valence-electron chi connectivity index (χ1n) is 4.64. The summed E-state index contributed by atoms with van der Waals surface area (Å²) in [6.07, 6.45) is 1.69. The first-order valence-corrected chi connectivity index (χ1v) is 5.81. The van der Waals surface area contributed by atoms with Crippen molar-refractivity contribution in [1.29, 1.82) is 0 Å². The quantitative estimate of drug-likeness (QED) is 0.828.